The zero-order chi connectivity index (χ0) is 18.4. The number of hydrogen-bond donors (Lipinski definition) is 0. The van der Waals surface area contributed by atoms with E-state index in [2.05, 4.69) is 0 Å². The number of halogens is 2. The molecule has 0 radical (unpaired) electrons. The Balaban J connectivity index is 1.74. The maximum Gasteiger partial charge on any atom is 0.344 e. The normalized spacial score (nSPS) is 10.4. The van der Waals surface area contributed by atoms with Crippen LogP contribution in [0.5, 0.6) is 5.75 Å². The fourth-order valence-electron chi connectivity index (χ4n) is 1.96. The summed E-state index contributed by atoms with van der Waals surface area (Å²) in [7, 11) is 1.64. The van der Waals surface area contributed by atoms with Gasteiger partial charge in [0.25, 0.3) is 5.91 Å². The number of ether oxygens (including phenoxy) is 2. The number of thiophene rings is 1. The lowest BCUT2D eigenvalue weighted by Gasteiger charge is -2.16. The molecule has 8 heteroatoms. The lowest BCUT2D eigenvalue weighted by molar-refractivity contribution is -0.153. The molecule has 0 bridgehead atoms. The molecule has 0 saturated carbocycles. The van der Waals surface area contributed by atoms with Gasteiger partial charge in [-0.05, 0) is 42.8 Å². The maximum atomic E-state index is 12.0. The van der Waals surface area contributed by atoms with Gasteiger partial charge in [0.05, 0.1) is 10.9 Å². The van der Waals surface area contributed by atoms with Crippen LogP contribution in [-0.2, 0) is 20.9 Å². The van der Waals surface area contributed by atoms with E-state index in [9.17, 15) is 9.59 Å². The molecule has 0 spiro atoms. The van der Waals surface area contributed by atoms with Gasteiger partial charge in [-0.3, -0.25) is 4.79 Å². The van der Waals surface area contributed by atoms with Crippen molar-refractivity contribution in [3.63, 3.8) is 0 Å². The first-order valence-electron chi connectivity index (χ1n) is 7.38. The third-order valence-electron chi connectivity index (χ3n) is 3.29. The van der Waals surface area contributed by atoms with E-state index in [-0.39, 0.29) is 19.1 Å². The molecule has 1 aromatic carbocycles. The fourth-order valence-corrected chi connectivity index (χ4v) is 3.33. The highest BCUT2D eigenvalue weighted by atomic mass is 35.5. The first-order chi connectivity index (χ1) is 11.8. The van der Waals surface area contributed by atoms with E-state index in [1.165, 1.54) is 16.2 Å². The van der Waals surface area contributed by atoms with Crippen molar-refractivity contribution in [3.05, 3.63) is 50.1 Å². The van der Waals surface area contributed by atoms with Crippen LogP contribution in [-0.4, -0.2) is 37.0 Å². The van der Waals surface area contributed by atoms with Crippen LogP contribution in [0.25, 0.3) is 0 Å². The smallest absolute Gasteiger partial charge is 0.344 e. The third-order valence-corrected chi connectivity index (χ3v) is 4.74. The molecule has 0 atom stereocenters. The summed E-state index contributed by atoms with van der Waals surface area (Å²) in [4.78, 5) is 26.1. The molecular formula is C17H17Cl2NO4S. The first-order valence-corrected chi connectivity index (χ1v) is 8.95. The molecule has 0 unspecified atom stereocenters. The number of amides is 1. The summed E-state index contributed by atoms with van der Waals surface area (Å²) < 4.78 is 11.0. The topological polar surface area (TPSA) is 55.8 Å². The van der Waals surface area contributed by atoms with Crippen molar-refractivity contribution < 1.29 is 19.1 Å². The number of nitrogens with zero attached hydrogens (tertiary/aromatic N) is 1. The second-order valence-electron chi connectivity index (χ2n) is 5.31. The minimum Gasteiger partial charge on any atom is -0.482 e. The van der Waals surface area contributed by atoms with Gasteiger partial charge in [-0.25, -0.2) is 4.79 Å². The van der Waals surface area contributed by atoms with E-state index in [1.807, 2.05) is 13.0 Å². The second kappa shape index (κ2) is 9.08. The zero-order valence-electron chi connectivity index (χ0n) is 13.8. The van der Waals surface area contributed by atoms with Crippen LogP contribution in [0, 0.1) is 6.92 Å². The Hall–Kier alpha value is -1.76. The summed E-state index contributed by atoms with van der Waals surface area (Å²) in [5, 5.41) is 0.591. The van der Waals surface area contributed by atoms with E-state index in [1.54, 1.807) is 31.3 Å². The van der Waals surface area contributed by atoms with E-state index in [0.717, 1.165) is 10.4 Å². The molecule has 1 amide bonds. The van der Waals surface area contributed by atoms with Crippen LogP contribution in [0.3, 0.4) is 0 Å². The molecule has 134 valence electrons. The predicted octanol–water partition coefficient (Wildman–Crippen LogP) is 3.94. The van der Waals surface area contributed by atoms with Gasteiger partial charge < -0.3 is 14.4 Å². The summed E-state index contributed by atoms with van der Waals surface area (Å²) >= 11 is 13.1. The number of hydrogen-bond acceptors (Lipinski definition) is 5. The van der Waals surface area contributed by atoms with Crippen molar-refractivity contribution in [2.24, 2.45) is 0 Å². The number of benzene rings is 1. The van der Waals surface area contributed by atoms with Crippen molar-refractivity contribution in [2.45, 2.75) is 13.5 Å². The second-order valence-corrected chi connectivity index (χ2v) is 7.55. The molecule has 0 aliphatic carbocycles. The van der Waals surface area contributed by atoms with E-state index < -0.39 is 5.97 Å². The van der Waals surface area contributed by atoms with Crippen molar-refractivity contribution in [1.82, 2.24) is 4.90 Å². The molecule has 2 rings (SSSR count). The lowest BCUT2D eigenvalue weighted by atomic mass is 10.2. The van der Waals surface area contributed by atoms with Crippen LogP contribution in [0.1, 0.15) is 10.4 Å². The van der Waals surface area contributed by atoms with Gasteiger partial charge in [0.1, 0.15) is 5.75 Å². The number of esters is 1. The Morgan fingerprint density at radius 1 is 1.16 bits per heavy atom. The van der Waals surface area contributed by atoms with Gasteiger partial charge in [0.15, 0.2) is 13.2 Å². The van der Waals surface area contributed by atoms with Crippen LogP contribution in [0.2, 0.25) is 9.36 Å². The van der Waals surface area contributed by atoms with Crippen molar-refractivity contribution >= 4 is 46.4 Å². The molecule has 1 aromatic heterocycles. The van der Waals surface area contributed by atoms with Gasteiger partial charge in [0, 0.05) is 16.9 Å². The van der Waals surface area contributed by atoms with Crippen LogP contribution in [0.4, 0.5) is 0 Å². The van der Waals surface area contributed by atoms with Gasteiger partial charge in [-0.1, -0.05) is 23.2 Å². The predicted molar refractivity (Wildman–Crippen MR) is 98.4 cm³/mol. The summed E-state index contributed by atoms with van der Waals surface area (Å²) in [6.45, 7) is 1.62. The molecule has 0 N–H and O–H groups in total. The fraction of sp³-hybridized carbons (Fsp3) is 0.294. The Kier molecular flexibility index (Phi) is 7.11. The number of likely N-dealkylation sites (N-methyl/N-ethyl adjacent to an activating group) is 1. The van der Waals surface area contributed by atoms with E-state index in [0.29, 0.717) is 21.7 Å². The number of carbonyl (C=O) groups excluding carboxylic acids is 2. The van der Waals surface area contributed by atoms with Crippen LogP contribution >= 0.6 is 34.5 Å². The minimum absolute atomic E-state index is 0.278. The highest BCUT2D eigenvalue weighted by Crippen LogP contribution is 2.23. The first kappa shape index (κ1) is 19.6. The Morgan fingerprint density at radius 2 is 1.92 bits per heavy atom. The number of rotatable bonds is 7. The molecule has 0 aliphatic heterocycles. The molecule has 0 fully saturated rings. The zero-order valence-corrected chi connectivity index (χ0v) is 16.1. The summed E-state index contributed by atoms with van der Waals surface area (Å²) in [5.41, 5.74) is 0.811. The minimum atomic E-state index is -0.615. The van der Waals surface area contributed by atoms with Gasteiger partial charge in [-0.15, -0.1) is 11.3 Å². The molecule has 25 heavy (non-hydrogen) atoms. The average Bonchev–Trinajstić information content (AvgIpc) is 2.96. The Morgan fingerprint density at radius 3 is 2.56 bits per heavy atom. The molecule has 0 saturated heterocycles. The molecule has 2 aromatic rings. The third kappa shape index (κ3) is 6.23. The van der Waals surface area contributed by atoms with Crippen LogP contribution in [0.15, 0.2) is 30.3 Å². The Labute approximate surface area is 160 Å². The molecule has 5 nitrogen and oxygen atoms in total. The summed E-state index contributed by atoms with van der Waals surface area (Å²) in [6, 6.07) is 8.71. The molecular weight excluding hydrogens is 385 g/mol. The van der Waals surface area contributed by atoms with E-state index in [4.69, 9.17) is 32.7 Å². The van der Waals surface area contributed by atoms with Crippen LogP contribution < -0.4 is 4.74 Å². The van der Waals surface area contributed by atoms with Gasteiger partial charge in [-0.2, -0.15) is 0 Å². The summed E-state index contributed by atoms with van der Waals surface area (Å²) in [5.74, 6) is -0.379. The van der Waals surface area contributed by atoms with Crippen molar-refractivity contribution in [2.75, 3.05) is 20.3 Å². The highest BCUT2D eigenvalue weighted by Gasteiger charge is 2.14. The molecule has 0 aliphatic rings. The Bertz CT molecular complexity index is 763. The van der Waals surface area contributed by atoms with E-state index >= 15 is 0 Å². The maximum absolute atomic E-state index is 12.0. The molecule has 1 heterocycles. The standard InChI is InChI=1S/C17H17Cl2NO4S/c1-11-7-12(18)3-5-14(11)23-10-17(22)24-9-16(21)20(2)8-13-4-6-15(19)25-13/h3-7H,8-10H2,1-2H3. The number of aryl methyl sites for hydroxylation is 1. The van der Waals surface area contributed by atoms with Gasteiger partial charge >= 0.3 is 5.97 Å². The highest BCUT2D eigenvalue weighted by molar-refractivity contribution is 7.16. The lowest BCUT2D eigenvalue weighted by Crippen LogP contribution is -2.31. The quantitative estimate of drug-likeness (QED) is 0.659. The average molecular weight is 402 g/mol. The summed E-state index contributed by atoms with van der Waals surface area (Å²) in [6.07, 6.45) is 0. The monoisotopic (exact) mass is 401 g/mol. The SMILES string of the molecule is Cc1cc(Cl)ccc1OCC(=O)OCC(=O)N(C)Cc1ccc(Cl)s1. The number of carbonyl (C=O) groups is 2. The van der Waals surface area contributed by atoms with Gasteiger partial charge in [0.2, 0.25) is 0 Å². The van der Waals surface area contributed by atoms with Crippen molar-refractivity contribution in [1.29, 1.82) is 0 Å². The van der Waals surface area contributed by atoms with Crippen molar-refractivity contribution in [3.8, 4) is 5.75 Å². The largest absolute Gasteiger partial charge is 0.482 e.